The molecule has 3 rings (SSSR count). The van der Waals surface area contributed by atoms with E-state index in [0.717, 1.165) is 0 Å². The number of hydrogen-bond acceptors (Lipinski definition) is 8. The van der Waals surface area contributed by atoms with Crippen LogP contribution in [-0.2, 0) is 14.3 Å². The van der Waals surface area contributed by atoms with Gasteiger partial charge in [0, 0.05) is 34.9 Å². The summed E-state index contributed by atoms with van der Waals surface area (Å²) >= 11 is 0. The molecule has 9 nitrogen and oxygen atoms in total. The predicted molar refractivity (Wildman–Crippen MR) is 121 cm³/mol. The lowest BCUT2D eigenvalue weighted by atomic mass is 9.66. The minimum atomic E-state index is -1.02. The predicted octanol–water partition coefficient (Wildman–Crippen LogP) is 4.03. The number of ketones is 1. The number of esters is 1. The fourth-order valence-corrected chi connectivity index (χ4v) is 4.64. The lowest BCUT2D eigenvalue weighted by Gasteiger charge is -2.42. The molecule has 0 saturated carbocycles. The number of ether oxygens (including phenoxy) is 3. The van der Waals surface area contributed by atoms with Crippen molar-refractivity contribution in [3.63, 3.8) is 0 Å². The van der Waals surface area contributed by atoms with Gasteiger partial charge in [-0.1, -0.05) is 27.4 Å². The van der Waals surface area contributed by atoms with Crippen molar-refractivity contribution >= 4 is 17.4 Å². The summed E-state index contributed by atoms with van der Waals surface area (Å²) in [5, 5.41) is 15.2. The number of hydrogen-bond donors (Lipinski definition) is 1. The van der Waals surface area contributed by atoms with Crippen molar-refractivity contribution in [2.75, 3.05) is 20.8 Å². The molecule has 0 aromatic heterocycles. The third-order valence-corrected chi connectivity index (χ3v) is 6.02. The number of nitro benzene ring substituents is 1. The summed E-state index contributed by atoms with van der Waals surface area (Å²) in [5.41, 5.74) is 0.941. The van der Waals surface area contributed by atoms with Crippen LogP contribution in [-0.4, -0.2) is 37.5 Å². The van der Waals surface area contributed by atoms with E-state index in [1.54, 1.807) is 0 Å². The number of methoxy groups -OCH3 is 2. The van der Waals surface area contributed by atoms with Crippen molar-refractivity contribution in [2.45, 2.75) is 46.0 Å². The van der Waals surface area contributed by atoms with Crippen LogP contribution in [0.1, 0.15) is 51.5 Å². The molecule has 2 aliphatic rings. The van der Waals surface area contributed by atoms with Gasteiger partial charge in [0.1, 0.15) is 5.92 Å². The number of nitro groups is 1. The second kappa shape index (κ2) is 9.25. The third kappa shape index (κ3) is 4.58. The highest BCUT2D eigenvalue weighted by Gasteiger charge is 2.48. The maximum atomic E-state index is 13.4. The second-order valence-electron chi connectivity index (χ2n) is 9.13. The van der Waals surface area contributed by atoms with Crippen LogP contribution >= 0.6 is 0 Å². The summed E-state index contributed by atoms with van der Waals surface area (Å²) in [5.74, 6) is -2.28. The molecule has 0 fully saturated rings. The summed E-state index contributed by atoms with van der Waals surface area (Å²) in [6.07, 6.45) is 1.41. The Labute approximate surface area is 192 Å². The minimum absolute atomic E-state index is 0.163. The number of carbonyl (C=O) groups is 2. The van der Waals surface area contributed by atoms with Crippen LogP contribution in [0, 0.1) is 21.4 Å². The molecule has 9 heteroatoms. The molecule has 0 spiro atoms. The second-order valence-corrected chi connectivity index (χ2v) is 9.13. The van der Waals surface area contributed by atoms with Crippen molar-refractivity contribution in [1.29, 1.82) is 0 Å². The Hall–Kier alpha value is -3.36. The number of Topliss-reactive ketones (excluding diaryl/α,β-unsaturated/α-hetero) is 1. The van der Waals surface area contributed by atoms with Crippen molar-refractivity contribution < 1.29 is 28.7 Å². The van der Waals surface area contributed by atoms with Crippen LogP contribution in [0.2, 0.25) is 0 Å². The van der Waals surface area contributed by atoms with Gasteiger partial charge in [0.05, 0.1) is 31.8 Å². The maximum Gasteiger partial charge on any atom is 0.315 e. The molecule has 0 amide bonds. The highest BCUT2D eigenvalue weighted by molar-refractivity contribution is 6.01. The van der Waals surface area contributed by atoms with E-state index >= 15 is 0 Å². The normalized spacial score (nSPS) is 21.7. The van der Waals surface area contributed by atoms with E-state index in [-0.39, 0.29) is 47.0 Å². The zero-order chi connectivity index (χ0) is 24.5. The lowest BCUT2D eigenvalue weighted by molar-refractivity contribution is -0.385. The summed E-state index contributed by atoms with van der Waals surface area (Å²) in [7, 11) is 2.80. The highest BCUT2D eigenvalue weighted by atomic mass is 16.6. The van der Waals surface area contributed by atoms with Gasteiger partial charge < -0.3 is 19.5 Å². The van der Waals surface area contributed by atoms with E-state index in [0.29, 0.717) is 29.8 Å². The van der Waals surface area contributed by atoms with E-state index in [1.807, 2.05) is 20.8 Å². The van der Waals surface area contributed by atoms with E-state index in [9.17, 15) is 19.7 Å². The molecule has 1 aromatic rings. The van der Waals surface area contributed by atoms with Gasteiger partial charge in [-0.2, -0.15) is 0 Å². The first kappa shape index (κ1) is 24.3. The number of carbonyl (C=O) groups excluding carboxylic acids is 2. The molecule has 178 valence electrons. The van der Waals surface area contributed by atoms with Gasteiger partial charge in [-0.3, -0.25) is 19.7 Å². The van der Waals surface area contributed by atoms with E-state index in [1.165, 1.54) is 26.4 Å². The first-order valence-corrected chi connectivity index (χ1v) is 10.8. The lowest BCUT2D eigenvalue weighted by Crippen LogP contribution is -2.44. The van der Waals surface area contributed by atoms with Gasteiger partial charge in [0.25, 0.3) is 5.69 Å². The van der Waals surface area contributed by atoms with E-state index in [4.69, 9.17) is 14.2 Å². The Balaban J connectivity index is 2.31. The minimum Gasteiger partial charge on any atom is -0.493 e. The first-order chi connectivity index (χ1) is 15.5. The average molecular weight is 459 g/mol. The fourth-order valence-electron chi connectivity index (χ4n) is 4.64. The van der Waals surface area contributed by atoms with Crippen molar-refractivity contribution in [3.05, 3.63) is 51.4 Å². The molecular formula is C24H30N2O7. The largest absolute Gasteiger partial charge is 0.493 e. The summed E-state index contributed by atoms with van der Waals surface area (Å²) in [6, 6.07) is 2.73. The van der Waals surface area contributed by atoms with Crippen LogP contribution in [0.25, 0.3) is 0 Å². The van der Waals surface area contributed by atoms with E-state index in [2.05, 4.69) is 11.9 Å². The smallest absolute Gasteiger partial charge is 0.315 e. The Morgan fingerprint density at radius 1 is 1.24 bits per heavy atom. The summed E-state index contributed by atoms with van der Waals surface area (Å²) in [4.78, 5) is 38.0. The summed E-state index contributed by atoms with van der Waals surface area (Å²) in [6.45, 7) is 10.1. The number of benzene rings is 1. The SMILES string of the molecule is C=C1NC2=C(C(=O)CC(C)(C)C2)C(c2cc(OC)c(OC)cc2[N+](=O)[O-])C1C(=O)OCCC. The molecule has 2 unspecified atom stereocenters. The zero-order valence-electron chi connectivity index (χ0n) is 19.6. The van der Waals surface area contributed by atoms with Gasteiger partial charge in [0.15, 0.2) is 17.3 Å². The molecule has 1 heterocycles. The molecule has 1 aromatic carbocycles. The molecule has 1 N–H and O–H groups in total. The van der Waals surface area contributed by atoms with Gasteiger partial charge in [-0.25, -0.2) is 0 Å². The molecule has 0 bridgehead atoms. The Bertz CT molecular complexity index is 1040. The first-order valence-electron chi connectivity index (χ1n) is 10.8. The van der Waals surface area contributed by atoms with Gasteiger partial charge >= 0.3 is 5.97 Å². The molecule has 2 atom stereocenters. The maximum absolute atomic E-state index is 13.4. The molecule has 0 radical (unpaired) electrons. The molecule has 0 saturated heterocycles. The number of nitrogens with zero attached hydrogens (tertiary/aromatic N) is 1. The number of rotatable bonds is 7. The standard InChI is InChI=1S/C24H30N2O7/c1-7-8-33-23(28)20-13(2)25-15-11-24(3,4)12-17(27)22(15)21(20)14-9-18(31-5)19(32-6)10-16(14)26(29)30/h9-10,20-21,25H,2,7-8,11-12H2,1,3-6H3. The summed E-state index contributed by atoms with van der Waals surface area (Å²) < 4.78 is 16.0. The van der Waals surface area contributed by atoms with Crippen molar-refractivity contribution in [3.8, 4) is 11.5 Å². The number of allylic oxidation sites excluding steroid dienone is 2. The average Bonchev–Trinajstić information content (AvgIpc) is 2.74. The van der Waals surface area contributed by atoms with Crippen molar-refractivity contribution in [2.24, 2.45) is 11.3 Å². The quantitative estimate of drug-likeness (QED) is 0.370. The van der Waals surface area contributed by atoms with Crippen LogP contribution < -0.4 is 14.8 Å². The van der Waals surface area contributed by atoms with Gasteiger partial charge in [-0.05, 0) is 24.3 Å². The van der Waals surface area contributed by atoms with Crippen LogP contribution in [0.3, 0.4) is 0 Å². The number of nitrogens with one attached hydrogen (secondary N) is 1. The fraction of sp³-hybridized carbons (Fsp3) is 0.500. The van der Waals surface area contributed by atoms with Gasteiger partial charge in [0.2, 0.25) is 0 Å². The van der Waals surface area contributed by atoms with Gasteiger partial charge in [-0.15, -0.1) is 0 Å². The highest BCUT2D eigenvalue weighted by Crippen LogP contribution is 2.51. The molecule has 1 aliphatic heterocycles. The Morgan fingerprint density at radius 3 is 2.45 bits per heavy atom. The van der Waals surface area contributed by atoms with Crippen LogP contribution in [0.15, 0.2) is 35.7 Å². The molecule has 33 heavy (non-hydrogen) atoms. The monoisotopic (exact) mass is 458 g/mol. The van der Waals surface area contributed by atoms with Crippen LogP contribution in [0.4, 0.5) is 5.69 Å². The third-order valence-electron chi connectivity index (χ3n) is 6.02. The molecular weight excluding hydrogens is 428 g/mol. The van der Waals surface area contributed by atoms with E-state index < -0.39 is 22.7 Å². The Morgan fingerprint density at radius 2 is 1.88 bits per heavy atom. The van der Waals surface area contributed by atoms with Crippen molar-refractivity contribution in [1.82, 2.24) is 5.32 Å². The zero-order valence-corrected chi connectivity index (χ0v) is 19.6. The topological polar surface area (TPSA) is 117 Å². The molecule has 1 aliphatic carbocycles. The van der Waals surface area contributed by atoms with Crippen LogP contribution in [0.5, 0.6) is 11.5 Å². The Kier molecular flexibility index (Phi) is 6.81.